The molecule has 2 aromatic rings. The van der Waals surface area contributed by atoms with Crippen molar-refractivity contribution < 1.29 is 34.1 Å². The molecule has 4 N–H and O–H groups in total. The average Bonchev–Trinajstić information content (AvgIpc) is 2.78. The smallest absolute Gasteiger partial charge is 0.408 e. The minimum absolute atomic E-state index is 0.0111. The number of hydrogen-bond donors (Lipinski definition) is 4. The van der Waals surface area contributed by atoms with Gasteiger partial charge in [-0.25, -0.2) is 4.79 Å². The second-order valence-corrected chi connectivity index (χ2v) is 8.83. The summed E-state index contributed by atoms with van der Waals surface area (Å²) in [6.45, 7) is 5.95. The van der Waals surface area contributed by atoms with Crippen molar-refractivity contribution in [1.82, 2.24) is 10.2 Å². The molecule has 0 saturated carbocycles. The summed E-state index contributed by atoms with van der Waals surface area (Å²) in [6, 6.07) is 10.2. The highest BCUT2D eigenvalue weighted by atomic mass is 16.6. The van der Waals surface area contributed by atoms with Crippen molar-refractivity contribution >= 4 is 23.6 Å². The van der Waals surface area contributed by atoms with Gasteiger partial charge < -0.3 is 35.2 Å². The minimum Gasteiger partial charge on any atom is -0.508 e. The van der Waals surface area contributed by atoms with Crippen LogP contribution in [0.1, 0.15) is 39.3 Å². The predicted octanol–water partition coefficient (Wildman–Crippen LogP) is 2.81. The van der Waals surface area contributed by atoms with E-state index in [1.165, 1.54) is 43.2 Å². The molecule has 190 valence electrons. The third-order valence-corrected chi connectivity index (χ3v) is 4.85. The molecular weight excluding hydrogens is 454 g/mol. The molecule has 2 unspecified atom stereocenters. The molecule has 10 heteroatoms. The number of amides is 3. The first kappa shape index (κ1) is 27.5. The Balaban J connectivity index is 2.35. The number of phenolic OH excluding ortho intramolecular Hbond substituents is 1. The summed E-state index contributed by atoms with van der Waals surface area (Å²) in [7, 11) is 1.53. The minimum atomic E-state index is -1.17. The molecule has 2 rings (SSSR count). The molecule has 2 atom stereocenters. The number of rotatable bonds is 9. The lowest BCUT2D eigenvalue weighted by atomic mass is 10.0. The molecule has 0 aliphatic rings. The van der Waals surface area contributed by atoms with E-state index in [2.05, 4.69) is 10.6 Å². The highest BCUT2D eigenvalue weighted by Gasteiger charge is 2.34. The Kier molecular flexibility index (Phi) is 9.47. The van der Waals surface area contributed by atoms with Crippen LogP contribution in [0, 0.1) is 0 Å². The van der Waals surface area contributed by atoms with Crippen LogP contribution in [-0.2, 0) is 14.3 Å². The monoisotopic (exact) mass is 487 g/mol. The second-order valence-electron chi connectivity index (χ2n) is 8.83. The molecule has 3 amide bonds. The van der Waals surface area contributed by atoms with Gasteiger partial charge >= 0.3 is 6.09 Å². The van der Waals surface area contributed by atoms with Crippen molar-refractivity contribution in [3.05, 3.63) is 54.1 Å². The normalized spacial score (nSPS) is 12.7. The van der Waals surface area contributed by atoms with Crippen molar-refractivity contribution in [3.63, 3.8) is 0 Å². The number of anilines is 1. The van der Waals surface area contributed by atoms with Crippen molar-refractivity contribution in [3.8, 4) is 11.5 Å². The average molecular weight is 488 g/mol. The first-order chi connectivity index (χ1) is 16.4. The van der Waals surface area contributed by atoms with E-state index in [0.717, 1.165) is 0 Å². The first-order valence-electron chi connectivity index (χ1n) is 11.1. The van der Waals surface area contributed by atoms with Crippen LogP contribution in [-0.4, -0.2) is 64.9 Å². The Morgan fingerprint density at radius 1 is 1.03 bits per heavy atom. The molecule has 0 saturated heterocycles. The molecular formula is C25H33N3O7. The number of carbonyl (C=O) groups excluding carboxylic acids is 3. The fraction of sp³-hybridized carbons (Fsp3) is 0.400. The zero-order valence-electron chi connectivity index (χ0n) is 20.6. The SMILES string of the molecule is COc1ccc(NC(=O)C(c2ccc(O)cc2)N(CCO)C(=O)C(C)NC(=O)OC(C)(C)C)cc1. The van der Waals surface area contributed by atoms with Gasteiger partial charge in [-0.15, -0.1) is 0 Å². The van der Waals surface area contributed by atoms with Crippen LogP contribution in [0.3, 0.4) is 0 Å². The van der Waals surface area contributed by atoms with Gasteiger partial charge in [0.15, 0.2) is 0 Å². The third kappa shape index (κ3) is 8.18. The maximum absolute atomic E-state index is 13.4. The van der Waals surface area contributed by atoms with Crippen LogP contribution in [0.25, 0.3) is 0 Å². The number of hydrogen-bond acceptors (Lipinski definition) is 7. The Bertz CT molecular complexity index is 1000. The largest absolute Gasteiger partial charge is 0.508 e. The van der Waals surface area contributed by atoms with Gasteiger partial charge in [-0.3, -0.25) is 9.59 Å². The number of phenols is 1. The molecule has 0 heterocycles. The van der Waals surface area contributed by atoms with Crippen LogP contribution in [0.15, 0.2) is 48.5 Å². The van der Waals surface area contributed by atoms with Gasteiger partial charge in [-0.2, -0.15) is 0 Å². The summed E-state index contributed by atoms with van der Waals surface area (Å²) in [5, 5.41) is 24.6. The zero-order chi connectivity index (χ0) is 26.2. The molecule has 0 fully saturated rings. The topological polar surface area (TPSA) is 137 Å². The molecule has 0 aliphatic carbocycles. The lowest BCUT2D eigenvalue weighted by Gasteiger charge is -2.33. The maximum atomic E-state index is 13.4. The molecule has 10 nitrogen and oxygen atoms in total. The second kappa shape index (κ2) is 12.1. The van der Waals surface area contributed by atoms with E-state index in [4.69, 9.17) is 9.47 Å². The van der Waals surface area contributed by atoms with Gasteiger partial charge in [0.2, 0.25) is 5.91 Å². The number of alkyl carbamates (subject to hydrolysis) is 1. The summed E-state index contributed by atoms with van der Waals surface area (Å²) in [5.41, 5.74) is 0.112. The van der Waals surface area contributed by atoms with Crippen molar-refractivity contribution in [2.45, 2.75) is 45.4 Å². The fourth-order valence-electron chi connectivity index (χ4n) is 3.28. The number of nitrogens with one attached hydrogen (secondary N) is 2. The zero-order valence-corrected chi connectivity index (χ0v) is 20.6. The number of ether oxygens (including phenoxy) is 2. The standard InChI is InChI=1S/C25H33N3O7/c1-16(26-24(33)35-25(2,3)4)23(32)28(14-15-29)21(17-6-10-19(30)11-7-17)22(31)27-18-8-12-20(34-5)13-9-18/h6-13,16,21,29-30H,14-15H2,1-5H3,(H,26,33)(H,27,31). The van der Waals surface area contributed by atoms with Crippen LogP contribution in [0.2, 0.25) is 0 Å². The predicted molar refractivity (Wildman–Crippen MR) is 130 cm³/mol. The first-order valence-corrected chi connectivity index (χ1v) is 11.1. The van der Waals surface area contributed by atoms with Crippen molar-refractivity contribution in [2.24, 2.45) is 0 Å². The number of aromatic hydroxyl groups is 1. The quantitative estimate of drug-likeness (QED) is 0.427. The van der Waals surface area contributed by atoms with Gasteiger partial charge in [0.1, 0.15) is 29.2 Å². The molecule has 0 bridgehead atoms. The third-order valence-electron chi connectivity index (χ3n) is 4.85. The maximum Gasteiger partial charge on any atom is 0.408 e. The molecule has 0 aliphatic heterocycles. The van der Waals surface area contributed by atoms with E-state index in [1.54, 1.807) is 45.0 Å². The molecule has 2 aromatic carbocycles. The lowest BCUT2D eigenvalue weighted by Crippen LogP contribution is -2.51. The van der Waals surface area contributed by atoms with E-state index in [-0.39, 0.29) is 12.3 Å². The summed E-state index contributed by atoms with van der Waals surface area (Å²) in [6.07, 6.45) is -0.786. The summed E-state index contributed by atoms with van der Waals surface area (Å²) >= 11 is 0. The van der Waals surface area contributed by atoms with E-state index in [9.17, 15) is 24.6 Å². The Morgan fingerprint density at radius 3 is 2.14 bits per heavy atom. The highest BCUT2D eigenvalue weighted by molar-refractivity contribution is 5.99. The summed E-state index contributed by atoms with van der Waals surface area (Å²) < 4.78 is 10.3. The van der Waals surface area contributed by atoms with Crippen molar-refractivity contribution in [1.29, 1.82) is 0 Å². The van der Waals surface area contributed by atoms with Crippen LogP contribution in [0.5, 0.6) is 11.5 Å². The molecule has 35 heavy (non-hydrogen) atoms. The molecule has 0 aromatic heterocycles. The molecule has 0 radical (unpaired) electrons. The Morgan fingerprint density at radius 2 is 1.63 bits per heavy atom. The van der Waals surface area contributed by atoms with Crippen LogP contribution in [0.4, 0.5) is 10.5 Å². The Labute approximate surface area is 204 Å². The van der Waals surface area contributed by atoms with E-state index < -0.39 is 42.2 Å². The van der Waals surface area contributed by atoms with E-state index >= 15 is 0 Å². The van der Waals surface area contributed by atoms with Gasteiger partial charge in [-0.05, 0) is 69.7 Å². The lowest BCUT2D eigenvalue weighted by molar-refractivity contribution is -0.141. The number of aliphatic hydroxyl groups excluding tert-OH is 1. The number of nitrogens with zero attached hydrogens (tertiary/aromatic N) is 1. The van der Waals surface area contributed by atoms with Gasteiger partial charge in [-0.1, -0.05) is 12.1 Å². The highest BCUT2D eigenvalue weighted by Crippen LogP contribution is 2.26. The molecule has 0 spiro atoms. The van der Waals surface area contributed by atoms with Crippen molar-refractivity contribution in [2.75, 3.05) is 25.6 Å². The fourth-order valence-corrected chi connectivity index (χ4v) is 3.28. The van der Waals surface area contributed by atoms with Crippen LogP contribution < -0.4 is 15.4 Å². The number of aliphatic hydroxyl groups is 1. The summed E-state index contributed by atoms with van der Waals surface area (Å²) in [4.78, 5) is 40.1. The van der Waals surface area contributed by atoms with Gasteiger partial charge in [0, 0.05) is 12.2 Å². The number of carbonyl (C=O) groups is 3. The van der Waals surface area contributed by atoms with E-state index in [0.29, 0.717) is 17.0 Å². The number of benzene rings is 2. The van der Waals surface area contributed by atoms with Gasteiger partial charge in [0.25, 0.3) is 5.91 Å². The van der Waals surface area contributed by atoms with Gasteiger partial charge in [0.05, 0.1) is 13.7 Å². The van der Waals surface area contributed by atoms with E-state index in [1.807, 2.05) is 0 Å². The Hall–Kier alpha value is -3.79. The number of methoxy groups -OCH3 is 1. The summed E-state index contributed by atoms with van der Waals surface area (Å²) in [5.74, 6) is -0.555. The van der Waals surface area contributed by atoms with Crippen LogP contribution >= 0.6 is 0 Å².